The predicted molar refractivity (Wildman–Crippen MR) is 93.6 cm³/mol. The first-order chi connectivity index (χ1) is 10.9. The lowest BCUT2D eigenvalue weighted by atomic mass is 10.1. The van der Waals surface area contributed by atoms with Crippen LogP contribution in [0.15, 0.2) is 24.4 Å². The second-order valence-corrected chi connectivity index (χ2v) is 7.95. The lowest BCUT2D eigenvalue weighted by Crippen LogP contribution is -2.52. The zero-order chi connectivity index (χ0) is 15.0. The zero-order valence-corrected chi connectivity index (χ0v) is 14.4. The molecule has 0 saturated carbocycles. The van der Waals surface area contributed by atoms with Gasteiger partial charge < -0.3 is 14.8 Å². The van der Waals surface area contributed by atoms with Gasteiger partial charge in [0.15, 0.2) is 0 Å². The van der Waals surface area contributed by atoms with Gasteiger partial charge in [0.25, 0.3) is 0 Å². The van der Waals surface area contributed by atoms with E-state index in [1.807, 2.05) is 24.4 Å². The summed E-state index contributed by atoms with van der Waals surface area (Å²) >= 11 is 4.12. The molecule has 2 saturated heterocycles. The van der Waals surface area contributed by atoms with Crippen molar-refractivity contribution in [1.29, 1.82) is 0 Å². The summed E-state index contributed by atoms with van der Waals surface area (Å²) in [6.07, 6.45) is 2.96. The van der Waals surface area contributed by atoms with Crippen molar-refractivity contribution in [2.24, 2.45) is 0 Å². The summed E-state index contributed by atoms with van der Waals surface area (Å²) in [6.45, 7) is 2.06. The van der Waals surface area contributed by atoms with Gasteiger partial charge in [0.2, 0.25) is 0 Å². The van der Waals surface area contributed by atoms with Crippen molar-refractivity contribution in [2.45, 2.75) is 31.2 Å². The molecule has 2 atom stereocenters. The first-order valence-corrected chi connectivity index (χ1v) is 10.2. The molecular weight excluding hydrogens is 316 g/mol. The molecule has 0 amide bonds. The topological polar surface area (TPSA) is 43.4 Å². The Bertz CT molecular complexity index is 427. The number of thioether (sulfide) groups is 2. The van der Waals surface area contributed by atoms with E-state index in [0.717, 1.165) is 18.7 Å². The van der Waals surface area contributed by atoms with Crippen LogP contribution in [-0.2, 0) is 16.1 Å². The van der Waals surface area contributed by atoms with Gasteiger partial charge in [-0.25, -0.2) is 0 Å². The standard InChI is InChI=1S/C16H24N2O2S2/c1-2-5-17-13(3-1)9-20-16-10-19-6-4-15(16)18-14-11-21-7-8-22-12-14/h1-3,5,14-16,18H,4,6-12H2/t15-,16-/m1/s1. The van der Waals surface area contributed by atoms with Crippen molar-refractivity contribution >= 4 is 23.5 Å². The molecule has 2 fully saturated rings. The summed E-state index contributed by atoms with van der Waals surface area (Å²) in [5.41, 5.74) is 0.979. The Kier molecular flexibility index (Phi) is 6.88. The zero-order valence-electron chi connectivity index (χ0n) is 12.8. The highest BCUT2D eigenvalue weighted by Gasteiger charge is 2.29. The molecule has 0 spiro atoms. The molecule has 0 unspecified atom stereocenters. The lowest BCUT2D eigenvalue weighted by molar-refractivity contribution is -0.0774. The highest BCUT2D eigenvalue weighted by molar-refractivity contribution is 8.03. The van der Waals surface area contributed by atoms with E-state index in [2.05, 4.69) is 33.8 Å². The number of hydrogen-bond acceptors (Lipinski definition) is 6. The van der Waals surface area contributed by atoms with Gasteiger partial charge in [-0.05, 0) is 18.6 Å². The third kappa shape index (κ3) is 5.13. The molecule has 0 aliphatic carbocycles. The third-order valence-corrected chi connectivity index (χ3v) is 6.46. The number of nitrogens with zero attached hydrogens (tertiary/aromatic N) is 1. The summed E-state index contributed by atoms with van der Waals surface area (Å²) in [7, 11) is 0. The third-order valence-electron chi connectivity index (χ3n) is 3.94. The second kappa shape index (κ2) is 9.13. The summed E-state index contributed by atoms with van der Waals surface area (Å²) in [5, 5.41) is 3.82. The van der Waals surface area contributed by atoms with Gasteiger partial charge in [0, 0.05) is 47.9 Å². The van der Waals surface area contributed by atoms with Crippen molar-refractivity contribution < 1.29 is 9.47 Å². The molecule has 2 aliphatic rings. The molecule has 1 aromatic rings. The molecular formula is C16H24N2O2S2. The minimum absolute atomic E-state index is 0.119. The van der Waals surface area contributed by atoms with E-state index in [0.29, 0.717) is 25.3 Å². The average molecular weight is 341 g/mol. The highest BCUT2D eigenvalue weighted by Crippen LogP contribution is 2.20. The Morgan fingerprint density at radius 1 is 1.27 bits per heavy atom. The van der Waals surface area contributed by atoms with Crippen molar-refractivity contribution in [2.75, 3.05) is 36.2 Å². The maximum absolute atomic E-state index is 6.09. The number of ether oxygens (including phenoxy) is 2. The Morgan fingerprint density at radius 3 is 2.91 bits per heavy atom. The van der Waals surface area contributed by atoms with Crippen LogP contribution in [0.5, 0.6) is 0 Å². The summed E-state index contributed by atoms with van der Waals surface area (Å²) in [4.78, 5) is 4.32. The summed E-state index contributed by atoms with van der Waals surface area (Å²) in [6, 6.07) is 6.91. The molecule has 1 aromatic heterocycles. The maximum Gasteiger partial charge on any atom is 0.0967 e. The van der Waals surface area contributed by atoms with Crippen LogP contribution in [0.25, 0.3) is 0 Å². The molecule has 2 aliphatic heterocycles. The van der Waals surface area contributed by atoms with Crippen molar-refractivity contribution in [3.05, 3.63) is 30.1 Å². The van der Waals surface area contributed by atoms with Crippen LogP contribution in [0.4, 0.5) is 0 Å². The van der Waals surface area contributed by atoms with Crippen LogP contribution in [0.3, 0.4) is 0 Å². The summed E-state index contributed by atoms with van der Waals surface area (Å²) in [5.74, 6) is 4.96. The first-order valence-electron chi connectivity index (χ1n) is 7.92. The van der Waals surface area contributed by atoms with E-state index in [9.17, 15) is 0 Å². The van der Waals surface area contributed by atoms with Crippen LogP contribution < -0.4 is 5.32 Å². The molecule has 0 aromatic carbocycles. The minimum atomic E-state index is 0.119. The number of pyridine rings is 1. The SMILES string of the molecule is c1ccc(CO[C@@H]2COCC[C@H]2NC2CSCCSC2)nc1. The number of nitrogens with one attached hydrogen (secondary N) is 1. The molecule has 1 N–H and O–H groups in total. The predicted octanol–water partition coefficient (Wildman–Crippen LogP) is 2.19. The fourth-order valence-electron chi connectivity index (χ4n) is 2.76. The number of aromatic nitrogens is 1. The minimum Gasteiger partial charge on any atom is -0.379 e. The quantitative estimate of drug-likeness (QED) is 0.886. The van der Waals surface area contributed by atoms with E-state index in [1.165, 1.54) is 23.0 Å². The normalized spacial score (nSPS) is 27.5. The maximum atomic E-state index is 6.09. The van der Waals surface area contributed by atoms with Gasteiger partial charge >= 0.3 is 0 Å². The smallest absolute Gasteiger partial charge is 0.0967 e. The van der Waals surface area contributed by atoms with Crippen molar-refractivity contribution in [1.82, 2.24) is 10.3 Å². The van der Waals surface area contributed by atoms with Crippen molar-refractivity contribution in [3.8, 4) is 0 Å². The van der Waals surface area contributed by atoms with Crippen LogP contribution in [0.2, 0.25) is 0 Å². The monoisotopic (exact) mass is 340 g/mol. The van der Waals surface area contributed by atoms with E-state index in [-0.39, 0.29) is 6.10 Å². The van der Waals surface area contributed by atoms with Gasteiger partial charge in [0.1, 0.15) is 0 Å². The van der Waals surface area contributed by atoms with Gasteiger partial charge in [-0.3, -0.25) is 4.98 Å². The van der Waals surface area contributed by atoms with E-state index in [4.69, 9.17) is 9.47 Å². The molecule has 0 bridgehead atoms. The fourth-order valence-corrected chi connectivity index (χ4v) is 5.18. The molecule has 6 heteroatoms. The van der Waals surface area contributed by atoms with Crippen LogP contribution in [0.1, 0.15) is 12.1 Å². The van der Waals surface area contributed by atoms with E-state index < -0.39 is 0 Å². The molecule has 122 valence electrons. The Balaban J connectivity index is 1.51. The van der Waals surface area contributed by atoms with Gasteiger partial charge in [-0.15, -0.1) is 0 Å². The number of hydrogen-bond donors (Lipinski definition) is 1. The summed E-state index contributed by atoms with van der Waals surface area (Å²) < 4.78 is 11.7. The lowest BCUT2D eigenvalue weighted by Gasteiger charge is -2.34. The Labute approximate surface area is 141 Å². The molecule has 22 heavy (non-hydrogen) atoms. The van der Waals surface area contributed by atoms with E-state index >= 15 is 0 Å². The largest absolute Gasteiger partial charge is 0.379 e. The number of rotatable bonds is 5. The average Bonchev–Trinajstić information content (AvgIpc) is 2.84. The van der Waals surface area contributed by atoms with E-state index in [1.54, 1.807) is 0 Å². The molecule has 0 radical (unpaired) electrons. The van der Waals surface area contributed by atoms with Gasteiger partial charge in [-0.2, -0.15) is 23.5 Å². The second-order valence-electron chi connectivity index (χ2n) is 5.65. The fraction of sp³-hybridized carbons (Fsp3) is 0.688. The molecule has 3 rings (SSSR count). The molecule has 3 heterocycles. The van der Waals surface area contributed by atoms with Crippen LogP contribution >= 0.6 is 23.5 Å². The Morgan fingerprint density at radius 2 is 2.14 bits per heavy atom. The first kappa shape index (κ1) is 16.6. The van der Waals surface area contributed by atoms with Crippen LogP contribution in [0, 0.1) is 0 Å². The van der Waals surface area contributed by atoms with Gasteiger partial charge in [-0.1, -0.05) is 6.07 Å². The Hall–Kier alpha value is -0.270. The van der Waals surface area contributed by atoms with Gasteiger partial charge in [0.05, 0.1) is 25.0 Å². The van der Waals surface area contributed by atoms with Crippen LogP contribution in [-0.4, -0.2) is 59.4 Å². The van der Waals surface area contributed by atoms with Crippen molar-refractivity contribution in [3.63, 3.8) is 0 Å². The molecule has 4 nitrogen and oxygen atoms in total. The highest BCUT2D eigenvalue weighted by atomic mass is 32.2.